The number of hydrogen-bond acceptors (Lipinski definition) is 2. The van der Waals surface area contributed by atoms with Gasteiger partial charge in [0.1, 0.15) is 0 Å². The molecule has 2 saturated carbocycles. The van der Waals surface area contributed by atoms with E-state index in [-0.39, 0.29) is 17.3 Å². The Bertz CT molecular complexity index is 601. The Morgan fingerprint density at radius 3 is 2.57 bits per heavy atom. The van der Waals surface area contributed by atoms with Crippen LogP contribution >= 0.6 is 0 Å². The molecule has 0 amide bonds. The van der Waals surface area contributed by atoms with Crippen molar-refractivity contribution in [2.75, 3.05) is 0 Å². The van der Waals surface area contributed by atoms with Gasteiger partial charge in [0.15, 0.2) is 5.78 Å². The monoisotopic (exact) mass is 314 g/mol. The van der Waals surface area contributed by atoms with Gasteiger partial charge in [-0.3, -0.25) is 4.79 Å². The number of carbonyl (C=O) groups is 1. The van der Waals surface area contributed by atoms with Crippen molar-refractivity contribution in [3.8, 4) is 0 Å². The molecule has 2 nitrogen and oxygen atoms in total. The van der Waals surface area contributed by atoms with Gasteiger partial charge < -0.3 is 5.11 Å². The van der Waals surface area contributed by atoms with Crippen LogP contribution < -0.4 is 0 Å². The van der Waals surface area contributed by atoms with Crippen LogP contribution in [0.4, 0.5) is 0 Å². The number of allylic oxidation sites excluding steroid dienone is 3. The largest absolute Gasteiger partial charge is 0.393 e. The van der Waals surface area contributed by atoms with E-state index in [1.165, 1.54) is 12.0 Å². The molecule has 0 spiro atoms. The lowest BCUT2D eigenvalue weighted by atomic mass is 9.47. The molecule has 4 aliphatic carbocycles. The van der Waals surface area contributed by atoms with Gasteiger partial charge in [0.05, 0.1) is 6.10 Å². The van der Waals surface area contributed by atoms with Gasteiger partial charge in [-0.15, -0.1) is 0 Å². The molecule has 0 saturated heterocycles. The molecule has 0 unspecified atom stereocenters. The maximum Gasteiger partial charge on any atom is 0.156 e. The molecule has 0 aromatic rings. The summed E-state index contributed by atoms with van der Waals surface area (Å²) < 4.78 is 0. The van der Waals surface area contributed by atoms with E-state index in [9.17, 15) is 9.90 Å². The van der Waals surface area contributed by atoms with Crippen LogP contribution in [0.2, 0.25) is 0 Å². The highest BCUT2D eigenvalue weighted by Crippen LogP contribution is 2.64. The van der Waals surface area contributed by atoms with Gasteiger partial charge in [0.2, 0.25) is 0 Å². The van der Waals surface area contributed by atoms with E-state index in [4.69, 9.17) is 0 Å². The molecule has 1 N–H and O–H groups in total. The van der Waals surface area contributed by atoms with Crippen molar-refractivity contribution in [3.63, 3.8) is 0 Å². The van der Waals surface area contributed by atoms with Gasteiger partial charge in [-0.05, 0) is 86.0 Å². The first-order valence-corrected chi connectivity index (χ1v) is 9.45. The van der Waals surface area contributed by atoms with E-state index in [0.29, 0.717) is 17.3 Å². The standard InChI is InChI=1S/C21H30O2/c1-13(22)17-6-7-18-16-5-4-14-12-15(23)8-10-20(14,2)19(16)9-11-21(17,18)3/h4,6,15-16,18-19,23H,5,7-12H2,1-3H3/t15-,16+,18-,19-,20-,21+/m0/s1. The number of ketones is 1. The first kappa shape index (κ1) is 15.6. The van der Waals surface area contributed by atoms with E-state index < -0.39 is 0 Å². The van der Waals surface area contributed by atoms with E-state index in [2.05, 4.69) is 26.0 Å². The fourth-order valence-corrected chi connectivity index (χ4v) is 6.75. The molecule has 0 bridgehead atoms. The van der Waals surface area contributed by atoms with Crippen molar-refractivity contribution < 1.29 is 9.90 Å². The average molecular weight is 314 g/mol. The van der Waals surface area contributed by atoms with Crippen molar-refractivity contribution in [1.82, 2.24) is 0 Å². The van der Waals surface area contributed by atoms with Crippen LogP contribution in [0, 0.1) is 28.6 Å². The summed E-state index contributed by atoms with van der Waals surface area (Å²) >= 11 is 0. The highest BCUT2D eigenvalue weighted by molar-refractivity contribution is 5.95. The van der Waals surface area contributed by atoms with Crippen LogP contribution in [0.1, 0.15) is 65.7 Å². The van der Waals surface area contributed by atoms with Gasteiger partial charge in [0, 0.05) is 0 Å². The summed E-state index contributed by atoms with van der Waals surface area (Å²) in [6.07, 6.45) is 12.2. The highest BCUT2D eigenvalue weighted by atomic mass is 16.3. The number of rotatable bonds is 1. The molecule has 23 heavy (non-hydrogen) atoms. The van der Waals surface area contributed by atoms with Crippen LogP contribution in [0.25, 0.3) is 0 Å². The minimum atomic E-state index is -0.128. The zero-order chi connectivity index (χ0) is 16.4. The summed E-state index contributed by atoms with van der Waals surface area (Å²) in [6.45, 7) is 6.55. The quantitative estimate of drug-likeness (QED) is 0.727. The molecule has 126 valence electrons. The van der Waals surface area contributed by atoms with E-state index >= 15 is 0 Å². The molecule has 2 heteroatoms. The molecule has 2 fully saturated rings. The molecule has 0 radical (unpaired) electrons. The number of hydrogen-bond donors (Lipinski definition) is 1. The molecular weight excluding hydrogens is 284 g/mol. The normalized spacial score (nSPS) is 48.7. The number of fused-ring (bicyclic) bond motifs is 5. The van der Waals surface area contributed by atoms with Gasteiger partial charge in [-0.1, -0.05) is 31.6 Å². The molecule has 6 atom stereocenters. The first-order valence-electron chi connectivity index (χ1n) is 9.45. The second-order valence-corrected chi connectivity index (χ2v) is 9.02. The Labute approximate surface area is 140 Å². The molecule has 4 rings (SSSR count). The predicted molar refractivity (Wildman–Crippen MR) is 91.9 cm³/mol. The Morgan fingerprint density at radius 1 is 1.09 bits per heavy atom. The number of carbonyl (C=O) groups excluding carboxylic acids is 1. The summed E-state index contributed by atoms with van der Waals surface area (Å²) in [7, 11) is 0. The van der Waals surface area contributed by atoms with Gasteiger partial charge >= 0.3 is 0 Å². The third-order valence-electron chi connectivity index (χ3n) is 8.04. The number of aliphatic hydroxyl groups is 1. The maximum atomic E-state index is 12.1. The van der Waals surface area contributed by atoms with E-state index in [0.717, 1.165) is 50.0 Å². The predicted octanol–water partition coefficient (Wildman–Crippen LogP) is 4.44. The minimum Gasteiger partial charge on any atom is -0.393 e. The molecule has 0 heterocycles. The molecule has 4 aliphatic rings. The molecule has 0 aromatic heterocycles. The summed E-state index contributed by atoms with van der Waals surface area (Å²) in [5.74, 6) is 2.38. The minimum absolute atomic E-state index is 0.114. The average Bonchev–Trinajstić information content (AvgIpc) is 2.85. The van der Waals surface area contributed by atoms with Gasteiger partial charge in [-0.25, -0.2) is 0 Å². The van der Waals surface area contributed by atoms with Gasteiger partial charge in [0.25, 0.3) is 0 Å². The maximum absolute atomic E-state index is 12.1. The van der Waals surface area contributed by atoms with Crippen LogP contribution in [-0.2, 0) is 4.79 Å². The van der Waals surface area contributed by atoms with Crippen LogP contribution in [0.3, 0.4) is 0 Å². The SMILES string of the molecule is CC(=O)C1=CC[C@H]2[C@H]3CC=C4C[C@@H](O)CC[C@]4(C)[C@H]3CC[C@]12C. The lowest BCUT2D eigenvalue weighted by Crippen LogP contribution is -2.50. The molecule has 0 aromatic carbocycles. The molecule has 0 aliphatic heterocycles. The van der Waals surface area contributed by atoms with Crippen molar-refractivity contribution >= 4 is 5.78 Å². The third-order valence-corrected chi connectivity index (χ3v) is 8.04. The number of aliphatic hydroxyl groups excluding tert-OH is 1. The van der Waals surface area contributed by atoms with Crippen molar-refractivity contribution in [1.29, 1.82) is 0 Å². The summed E-state index contributed by atoms with van der Waals surface area (Å²) in [5, 5.41) is 10.1. The van der Waals surface area contributed by atoms with Crippen molar-refractivity contribution in [2.45, 2.75) is 71.8 Å². The summed E-state index contributed by atoms with van der Waals surface area (Å²) in [4.78, 5) is 12.1. The van der Waals surface area contributed by atoms with E-state index in [1.54, 1.807) is 6.92 Å². The van der Waals surface area contributed by atoms with Crippen LogP contribution in [0.5, 0.6) is 0 Å². The zero-order valence-corrected chi connectivity index (χ0v) is 14.8. The van der Waals surface area contributed by atoms with Crippen molar-refractivity contribution in [3.05, 3.63) is 23.3 Å². The summed E-state index contributed by atoms with van der Waals surface area (Å²) in [5.41, 5.74) is 3.05. The fourth-order valence-electron chi connectivity index (χ4n) is 6.75. The lowest BCUT2D eigenvalue weighted by Gasteiger charge is -2.57. The van der Waals surface area contributed by atoms with Crippen LogP contribution in [0.15, 0.2) is 23.3 Å². The topological polar surface area (TPSA) is 37.3 Å². The van der Waals surface area contributed by atoms with E-state index in [1.807, 2.05) is 0 Å². The Hall–Kier alpha value is -0.890. The first-order chi connectivity index (χ1) is 10.9. The second-order valence-electron chi connectivity index (χ2n) is 9.02. The Kier molecular flexibility index (Phi) is 3.43. The Balaban J connectivity index is 1.67. The Morgan fingerprint density at radius 2 is 1.83 bits per heavy atom. The lowest BCUT2D eigenvalue weighted by molar-refractivity contribution is -0.115. The fraction of sp³-hybridized carbons (Fsp3) is 0.762. The highest BCUT2D eigenvalue weighted by Gasteiger charge is 2.57. The number of Topliss-reactive ketones (excluding diaryl/α,β-unsaturated/α-hetero) is 1. The zero-order valence-electron chi connectivity index (χ0n) is 14.8. The van der Waals surface area contributed by atoms with Gasteiger partial charge in [-0.2, -0.15) is 0 Å². The third kappa shape index (κ3) is 2.06. The van der Waals surface area contributed by atoms with Crippen LogP contribution in [-0.4, -0.2) is 17.0 Å². The smallest absolute Gasteiger partial charge is 0.156 e. The second kappa shape index (κ2) is 5.05. The summed E-state index contributed by atoms with van der Waals surface area (Å²) in [6, 6.07) is 0. The molecular formula is C21H30O2. The van der Waals surface area contributed by atoms with Crippen molar-refractivity contribution in [2.24, 2.45) is 28.6 Å².